The predicted octanol–water partition coefficient (Wildman–Crippen LogP) is 2.36. The van der Waals surface area contributed by atoms with Crippen LogP contribution in [-0.2, 0) is 16.4 Å². The normalized spacial score (nSPS) is 13.6. The molecule has 4 N–H and O–H groups in total. The zero-order valence-corrected chi connectivity index (χ0v) is 15.3. The van der Waals surface area contributed by atoms with E-state index in [4.69, 9.17) is 15.9 Å². The van der Waals surface area contributed by atoms with Crippen molar-refractivity contribution in [3.63, 3.8) is 0 Å². The molecular weight excluding hydrogens is 338 g/mol. The Morgan fingerprint density at radius 1 is 1.24 bits per heavy atom. The van der Waals surface area contributed by atoms with Gasteiger partial charge in [0.25, 0.3) is 0 Å². The van der Waals surface area contributed by atoms with Gasteiger partial charge >= 0.3 is 0 Å². The SMILES string of the molecule is CCc1nc2c(N)nc3ccccc3c2n1C(C)CCCS(N)(=O)=O. The maximum Gasteiger partial charge on any atom is 0.209 e. The molecule has 0 aliphatic heterocycles. The Labute approximate surface area is 147 Å². The molecule has 8 heteroatoms. The summed E-state index contributed by atoms with van der Waals surface area (Å²) in [6.07, 6.45) is 1.94. The maximum atomic E-state index is 11.2. The average Bonchev–Trinajstić information content (AvgIpc) is 2.94. The third-order valence-electron chi connectivity index (χ3n) is 4.43. The number of anilines is 1. The van der Waals surface area contributed by atoms with Gasteiger partial charge < -0.3 is 10.3 Å². The van der Waals surface area contributed by atoms with Gasteiger partial charge in [0.1, 0.15) is 11.3 Å². The van der Waals surface area contributed by atoms with Crippen LogP contribution in [-0.4, -0.2) is 28.7 Å². The number of aryl methyl sites for hydroxylation is 1. The first-order valence-electron chi connectivity index (χ1n) is 8.37. The highest BCUT2D eigenvalue weighted by molar-refractivity contribution is 7.89. The van der Waals surface area contributed by atoms with E-state index >= 15 is 0 Å². The summed E-state index contributed by atoms with van der Waals surface area (Å²) in [4.78, 5) is 9.14. The lowest BCUT2D eigenvalue weighted by atomic mass is 10.1. The molecule has 0 amide bonds. The third kappa shape index (κ3) is 3.45. The van der Waals surface area contributed by atoms with Crippen molar-refractivity contribution in [1.82, 2.24) is 14.5 Å². The first kappa shape index (κ1) is 17.6. The van der Waals surface area contributed by atoms with Crippen LogP contribution in [0.25, 0.3) is 21.9 Å². The van der Waals surface area contributed by atoms with Gasteiger partial charge in [-0.3, -0.25) is 0 Å². The molecule has 0 radical (unpaired) electrons. The highest BCUT2D eigenvalue weighted by Crippen LogP contribution is 2.32. The number of primary sulfonamides is 1. The molecule has 25 heavy (non-hydrogen) atoms. The van der Waals surface area contributed by atoms with Crippen LogP contribution in [0.15, 0.2) is 24.3 Å². The Morgan fingerprint density at radius 3 is 2.64 bits per heavy atom. The molecule has 0 fully saturated rings. The van der Waals surface area contributed by atoms with Crippen molar-refractivity contribution < 1.29 is 8.42 Å². The number of imidazole rings is 1. The van der Waals surface area contributed by atoms with Crippen molar-refractivity contribution in [3.8, 4) is 0 Å². The fraction of sp³-hybridized carbons (Fsp3) is 0.412. The molecule has 1 unspecified atom stereocenters. The van der Waals surface area contributed by atoms with Gasteiger partial charge in [0.05, 0.1) is 16.8 Å². The predicted molar refractivity (Wildman–Crippen MR) is 101 cm³/mol. The fourth-order valence-corrected chi connectivity index (χ4v) is 3.87. The summed E-state index contributed by atoms with van der Waals surface area (Å²) in [7, 11) is -3.44. The standard InChI is InChI=1S/C17H23N5O2S/c1-3-14-21-15-16(12-8-4-5-9-13(12)20-17(15)18)22(14)11(2)7-6-10-25(19,23)24/h4-5,8-9,11H,3,6-7,10H2,1-2H3,(H2,18,20)(H2,19,23,24). The highest BCUT2D eigenvalue weighted by atomic mass is 32.2. The van der Waals surface area contributed by atoms with Crippen molar-refractivity contribution in [3.05, 3.63) is 30.1 Å². The molecular formula is C17H23N5O2S. The lowest BCUT2D eigenvalue weighted by Gasteiger charge is -2.18. The molecule has 1 aromatic carbocycles. The van der Waals surface area contributed by atoms with Crippen LogP contribution in [0.3, 0.4) is 0 Å². The number of nitrogen functional groups attached to an aromatic ring is 1. The van der Waals surface area contributed by atoms with Crippen LogP contribution in [0.1, 0.15) is 38.6 Å². The van der Waals surface area contributed by atoms with Crippen LogP contribution in [0.4, 0.5) is 5.82 Å². The Morgan fingerprint density at radius 2 is 1.96 bits per heavy atom. The molecule has 134 valence electrons. The first-order chi connectivity index (χ1) is 11.8. The Kier molecular flexibility index (Phi) is 4.66. The summed E-state index contributed by atoms with van der Waals surface area (Å²) in [5, 5.41) is 6.11. The summed E-state index contributed by atoms with van der Waals surface area (Å²) in [5.74, 6) is 1.32. The van der Waals surface area contributed by atoms with Crippen molar-refractivity contribution in [1.29, 1.82) is 0 Å². The summed E-state index contributed by atoms with van der Waals surface area (Å²) in [6.45, 7) is 4.11. The van der Waals surface area contributed by atoms with E-state index in [1.54, 1.807) is 0 Å². The number of hydrogen-bond donors (Lipinski definition) is 2. The molecule has 3 aromatic rings. The Hall–Kier alpha value is -2.19. The largest absolute Gasteiger partial charge is 0.382 e. The number of fused-ring (bicyclic) bond motifs is 3. The van der Waals surface area contributed by atoms with Crippen LogP contribution >= 0.6 is 0 Å². The zero-order valence-electron chi connectivity index (χ0n) is 14.4. The number of nitrogens with zero attached hydrogens (tertiary/aromatic N) is 3. The first-order valence-corrected chi connectivity index (χ1v) is 10.1. The van der Waals surface area contributed by atoms with E-state index in [1.165, 1.54) is 0 Å². The summed E-state index contributed by atoms with van der Waals surface area (Å²) in [5.41, 5.74) is 8.62. The molecule has 0 saturated heterocycles. The minimum absolute atomic E-state index is 0.0180. The van der Waals surface area contributed by atoms with Gasteiger partial charge in [-0.25, -0.2) is 23.5 Å². The molecule has 1 atom stereocenters. The molecule has 0 aliphatic rings. The number of benzene rings is 1. The molecule has 0 aliphatic carbocycles. The minimum atomic E-state index is -3.44. The van der Waals surface area contributed by atoms with E-state index in [9.17, 15) is 8.42 Å². The second kappa shape index (κ2) is 6.61. The number of rotatable bonds is 6. The van der Waals surface area contributed by atoms with Crippen LogP contribution in [0.5, 0.6) is 0 Å². The van der Waals surface area contributed by atoms with Gasteiger partial charge in [-0.05, 0) is 25.8 Å². The lowest BCUT2D eigenvalue weighted by Crippen LogP contribution is -2.18. The number of aromatic nitrogens is 3. The second-order valence-electron chi connectivity index (χ2n) is 6.32. The second-order valence-corrected chi connectivity index (χ2v) is 8.06. The fourth-order valence-electron chi connectivity index (χ4n) is 3.30. The zero-order chi connectivity index (χ0) is 18.2. The number of hydrogen-bond acceptors (Lipinski definition) is 5. The van der Waals surface area contributed by atoms with Gasteiger partial charge in [-0.15, -0.1) is 0 Å². The molecule has 3 rings (SSSR count). The quantitative estimate of drug-likeness (QED) is 0.699. The Balaban J connectivity index is 2.12. The minimum Gasteiger partial charge on any atom is -0.382 e. The third-order valence-corrected chi connectivity index (χ3v) is 5.29. The van der Waals surface area contributed by atoms with E-state index in [2.05, 4.69) is 16.5 Å². The topological polar surface area (TPSA) is 117 Å². The number of nitrogens with two attached hydrogens (primary N) is 2. The van der Waals surface area contributed by atoms with Crippen molar-refractivity contribution in [2.75, 3.05) is 11.5 Å². The highest BCUT2D eigenvalue weighted by Gasteiger charge is 2.20. The summed E-state index contributed by atoms with van der Waals surface area (Å²) in [6, 6.07) is 7.91. The van der Waals surface area contributed by atoms with E-state index in [0.717, 1.165) is 28.7 Å². The van der Waals surface area contributed by atoms with E-state index in [0.29, 0.717) is 24.2 Å². The van der Waals surface area contributed by atoms with Crippen molar-refractivity contribution in [2.24, 2.45) is 5.14 Å². The molecule has 7 nitrogen and oxygen atoms in total. The van der Waals surface area contributed by atoms with Crippen LogP contribution in [0.2, 0.25) is 0 Å². The maximum absolute atomic E-state index is 11.2. The molecule has 0 bridgehead atoms. The summed E-state index contributed by atoms with van der Waals surface area (Å²) < 4.78 is 24.5. The lowest BCUT2D eigenvalue weighted by molar-refractivity contribution is 0.494. The van der Waals surface area contributed by atoms with Gasteiger partial charge in [-0.2, -0.15) is 0 Å². The average molecular weight is 361 g/mol. The summed E-state index contributed by atoms with van der Waals surface area (Å²) >= 11 is 0. The monoisotopic (exact) mass is 361 g/mol. The van der Waals surface area contributed by atoms with E-state index in [1.807, 2.05) is 31.2 Å². The van der Waals surface area contributed by atoms with Crippen molar-refractivity contribution >= 4 is 37.8 Å². The van der Waals surface area contributed by atoms with Gasteiger partial charge in [0, 0.05) is 17.8 Å². The van der Waals surface area contributed by atoms with Crippen molar-refractivity contribution in [2.45, 2.75) is 39.2 Å². The molecule has 2 heterocycles. The smallest absolute Gasteiger partial charge is 0.209 e. The Bertz CT molecular complexity index is 1030. The van der Waals surface area contributed by atoms with Gasteiger partial charge in [0.15, 0.2) is 5.82 Å². The molecule has 2 aromatic heterocycles. The van der Waals surface area contributed by atoms with Crippen LogP contribution in [0, 0.1) is 0 Å². The molecule has 0 saturated carbocycles. The van der Waals surface area contributed by atoms with Gasteiger partial charge in [0.2, 0.25) is 10.0 Å². The number of pyridine rings is 1. The van der Waals surface area contributed by atoms with E-state index < -0.39 is 10.0 Å². The van der Waals surface area contributed by atoms with Gasteiger partial charge in [-0.1, -0.05) is 25.1 Å². The van der Waals surface area contributed by atoms with E-state index in [-0.39, 0.29) is 11.8 Å². The number of sulfonamides is 1. The number of para-hydroxylation sites is 1. The van der Waals surface area contributed by atoms with Crippen LogP contribution < -0.4 is 10.9 Å². The molecule has 0 spiro atoms.